The van der Waals surface area contributed by atoms with Gasteiger partial charge in [-0.05, 0) is 31.5 Å². The van der Waals surface area contributed by atoms with Crippen LogP contribution in [-0.4, -0.2) is 17.4 Å². The number of rotatable bonds is 3. The summed E-state index contributed by atoms with van der Waals surface area (Å²) in [6.45, 7) is 2.69. The highest BCUT2D eigenvalue weighted by molar-refractivity contribution is 6.30. The standard InChI is InChI=1S/C11H14ClFO/c1-11(2,13)10(7-14)8-4-3-5-9(12)6-8/h3-6,10,14H,7H2,1-2H3. The first-order valence-electron chi connectivity index (χ1n) is 4.50. The van der Waals surface area contributed by atoms with Gasteiger partial charge in [-0.1, -0.05) is 23.7 Å². The highest BCUT2D eigenvalue weighted by Gasteiger charge is 2.29. The highest BCUT2D eigenvalue weighted by Crippen LogP contribution is 2.31. The van der Waals surface area contributed by atoms with E-state index in [2.05, 4.69) is 0 Å². The fraction of sp³-hybridized carbons (Fsp3) is 0.455. The maximum Gasteiger partial charge on any atom is 0.114 e. The molecule has 0 aromatic heterocycles. The summed E-state index contributed by atoms with van der Waals surface area (Å²) in [5.41, 5.74) is -0.716. The van der Waals surface area contributed by atoms with E-state index >= 15 is 0 Å². The zero-order valence-corrected chi connectivity index (χ0v) is 9.05. The summed E-state index contributed by atoms with van der Waals surface area (Å²) in [6, 6.07) is 6.94. The van der Waals surface area contributed by atoms with E-state index in [1.54, 1.807) is 24.3 Å². The van der Waals surface area contributed by atoms with E-state index in [4.69, 9.17) is 16.7 Å². The van der Waals surface area contributed by atoms with Crippen LogP contribution in [0.2, 0.25) is 5.02 Å². The van der Waals surface area contributed by atoms with Gasteiger partial charge in [-0.3, -0.25) is 0 Å². The van der Waals surface area contributed by atoms with Gasteiger partial charge in [0.25, 0.3) is 0 Å². The maximum atomic E-state index is 13.7. The molecule has 0 spiro atoms. The van der Waals surface area contributed by atoms with E-state index in [1.807, 2.05) is 0 Å². The van der Waals surface area contributed by atoms with E-state index < -0.39 is 11.6 Å². The normalized spacial score (nSPS) is 14.1. The van der Waals surface area contributed by atoms with Crippen LogP contribution in [0.4, 0.5) is 4.39 Å². The Bertz CT molecular complexity index is 306. The van der Waals surface area contributed by atoms with Gasteiger partial charge < -0.3 is 5.11 Å². The van der Waals surface area contributed by atoms with E-state index in [1.165, 1.54) is 13.8 Å². The first-order valence-corrected chi connectivity index (χ1v) is 4.88. The molecule has 0 fully saturated rings. The van der Waals surface area contributed by atoms with Crippen LogP contribution in [0.3, 0.4) is 0 Å². The monoisotopic (exact) mass is 216 g/mol. The predicted molar refractivity (Wildman–Crippen MR) is 56.5 cm³/mol. The van der Waals surface area contributed by atoms with Crippen molar-refractivity contribution < 1.29 is 9.50 Å². The summed E-state index contributed by atoms with van der Waals surface area (Å²) in [4.78, 5) is 0. The van der Waals surface area contributed by atoms with Crippen molar-refractivity contribution in [1.29, 1.82) is 0 Å². The molecule has 1 rings (SSSR count). The smallest absolute Gasteiger partial charge is 0.114 e. The third kappa shape index (κ3) is 2.69. The molecule has 0 bridgehead atoms. The molecule has 0 aliphatic carbocycles. The summed E-state index contributed by atoms with van der Waals surface area (Å²) in [7, 11) is 0. The van der Waals surface area contributed by atoms with Crippen LogP contribution in [-0.2, 0) is 0 Å². The minimum atomic E-state index is -1.45. The van der Waals surface area contributed by atoms with E-state index in [-0.39, 0.29) is 6.61 Å². The molecule has 1 unspecified atom stereocenters. The van der Waals surface area contributed by atoms with Crippen molar-refractivity contribution in [2.75, 3.05) is 6.61 Å². The van der Waals surface area contributed by atoms with Gasteiger partial charge in [0.1, 0.15) is 5.67 Å². The SMILES string of the molecule is CC(C)(F)C(CO)c1cccc(Cl)c1. The molecular formula is C11H14ClFO. The molecule has 0 aliphatic rings. The van der Waals surface area contributed by atoms with Gasteiger partial charge in [-0.2, -0.15) is 0 Å². The van der Waals surface area contributed by atoms with E-state index in [0.29, 0.717) is 5.02 Å². The minimum Gasteiger partial charge on any atom is -0.396 e. The van der Waals surface area contributed by atoms with Gasteiger partial charge in [0.15, 0.2) is 0 Å². The topological polar surface area (TPSA) is 20.2 Å². The molecule has 1 atom stereocenters. The summed E-state index contributed by atoms with van der Waals surface area (Å²) < 4.78 is 13.7. The van der Waals surface area contributed by atoms with Gasteiger partial charge >= 0.3 is 0 Å². The Balaban J connectivity index is 3.01. The van der Waals surface area contributed by atoms with Gasteiger partial charge in [0, 0.05) is 10.9 Å². The van der Waals surface area contributed by atoms with Gasteiger partial charge in [-0.25, -0.2) is 4.39 Å². The molecule has 0 saturated heterocycles. The summed E-state index contributed by atoms with van der Waals surface area (Å²) >= 11 is 5.79. The van der Waals surface area contributed by atoms with Crippen LogP contribution in [0, 0.1) is 0 Å². The van der Waals surface area contributed by atoms with Crippen LogP contribution >= 0.6 is 11.6 Å². The summed E-state index contributed by atoms with van der Waals surface area (Å²) in [5.74, 6) is -0.527. The fourth-order valence-corrected chi connectivity index (χ4v) is 1.64. The second-order valence-corrected chi connectivity index (χ2v) is 4.29. The Kier molecular flexibility index (Phi) is 3.51. The zero-order chi connectivity index (χ0) is 10.8. The molecule has 0 radical (unpaired) electrons. The van der Waals surface area contributed by atoms with Crippen molar-refractivity contribution in [2.45, 2.75) is 25.4 Å². The number of benzene rings is 1. The highest BCUT2D eigenvalue weighted by atomic mass is 35.5. The summed E-state index contributed by atoms with van der Waals surface area (Å²) in [5, 5.41) is 9.68. The van der Waals surface area contributed by atoms with Crippen molar-refractivity contribution in [3.05, 3.63) is 34.9 Å². The lowest BCUT2D eigenvalue weighted by Crippen LogP contribution is -2.26. The molecule has 3 heteroatoms. The van der Waals surface area contributed by atoms with Crippen molar-refractivity contribution in [1.82, 2.24) is 0 Å². The lowest BCUT2D eigenvalue weighted by molar-refractivity contribution is 0.119. The van der Waals surface area contributed by atoms with Crippen LogP contribution in [0.1, 0.15) is 25.3 Å². The van der Waals surface area contributed by atoms with Gasteiger partial charge in [-0.15, -0.1) is 0 Å². The average molecular weight is 217 g/mol. The number of hydrogen-bond acceptors (Lipinski definition) is 1. The minimum absolute atomic E-state index is 0.218. The molecule has 1 aromatic rings. The molecule has 1 N–H and O–H groups in total. The Morgan fingerprint density at radius 3 is 2.57 bits per heavy atom. The second-order valence-electron chi connectivity index (χ2n) is 3.85. The molecule has 0 heterocycles. The van der Waals surface area contributed by atoms with Crippen LogP contribution in [0.25, 0.3) is 0 Å². The first kappa shape index (κ1) is 11.5. The molecular weight excluding hydrogens is 203 g/mol. The summed E-state index contributed by atoms with van der Waals surface area (Å²) in [6.07, 6.45) is 0. The maximum absolute atomic E-state index is 13.7. The quantitative estimate of drug-likeness (QED) is 0.823. The Labute approximate surface area is 88.5 Å². The molecule has 0 aliphatic heterocycles. The lowest BCUT2D eigenvalue weighted by Gasteiger charge is -2.25. The van der Waals surface area contributed by atoms with E-state index in [9.17, 15) is 4.39 Å². The molecule has 1 nitrogen and oxygen atoms in total. The fourth-order valence-electron chi connectivity index (χ4n) is 1.44. The lowest BCUT2D eigenvalue weighted by atomic mass is 9.87. The molecule has 0 saturated carbocycles. The zero-order valence-electron chi connectivity index (χ0n) is 8.30. The first-order chi connectivity index (χ1) is 6.45. The van der Waals surface area contributed by atoms with Crippen LogP contribution in [0.5, 0.6) is 0 Å². The Hall–Kier alpha value is -0.600. The second kappa shape index (κ2) is 4.28. The van der Waals surface area contributed by atoms with Gasteiger partial charge in [0.2, 0.25) is 0 Å². The molecule has 14 heavy (non-hydrogen) atoms. The molecule has 0 amide bonds. The third-order valence-corrected chi connectivity index (χ3v) is 2.50. The Morgan fingerprint density at radius 1 is 1.50 bits per heavy atom. The third-order valence-electron chi connectivity index (χ3n) is 2.26. The van der Waals surface area contributed by atoms with Crippen molar-refractivity contribution >= 4 is 11.6 Å². The van der Waals surface area contributed by atoms with Gasteiger partial charge in [0.05, 0.1) is 6.61 Å². The Morgan fingerprint density at radius 2 is 2.14 bits per heavy atom. The number of halogens is 2. The van der Waals surface area contributed by atoms with Crippen molar-refractivity contribution in [3.8, 4) is 0 Å². The molecule has 1 aromatic carbocycles. The number of aliphatic hydroxyl groups is 1. The van der Waals surface area contributed by atoms with Crippen LogP contribution in [0.15, 0.2) is 24.3 Å². The van der Waals surface area contributed by atoms with E-state index in [0.717, 1.165) is 5.56 Å². The number of hydrogen-bond donors (Lipinski definition) is 1. The predicted octanol–water partition coefficient (Wildman–Crippen LogP) is 3.16. The number of alkyl halides is 1. The largest absolute Gasteiger partial charge is 0.396 e. The molecule has 78 valence electrons. The number of aliphatic hydroxyl groups excluding tert-OH is 1. The van der Waals surface area contributed by atoms with Crippen molar-refractivity contribution in [2.24, 2.45) is 0 Å². The average Bonchev–Trinajstić information content (AvgIpc) is 2.02. The van der Waals surface area contributed by atoms with Crippen LogP contribution < -0.4 is 0 Å². The van der Waals surface area contributed by atoms with Crippen molar-refractivity contribution in [3.63, 3.8) is 0 Å².